The van der Waals surface area contributed by atoms with Gasteiger partial charge in [-0.25, -0.2) is 0 Å². The molecule has 0 saturated carbocycles. The minimum Gasteiger partial charge on any atom is -0.492 e. The van der Waals surface area contributed by atoms with Crippen molar-refractivity contribution in [3.8, 4) is 11.8 Å². The van der Waals surface area contributed by atoms with Crippen molar-refractivity contribution in [1.82, 2.24) is 4.73 Å². The van der Waals surface area contributed by atoms with Gasteiger partial charge in [-0.2, -0.15) is 0 Å². The molecule has 1 rings (SSSR count). The third kappa shape index (κ3) is 3.41. The SMILES string of the molecule is O=C(O)CCCCOn1c(O)ccc1O. The van der Waals surface area contributed by atoms with Crippen LogP contribution in [0.3, 0.4) is 0 Å². The maximum Gasteiger partial charge on any atom is 0.303 e. The van der Waals surface area contributed by atoms with Gasteiger partial charge in [-0.05, 0) is 12.8 Å². The second-order valence-electron chi connectivity index (χ2n) is 3.03. The van der Waals surface area contributed by atoms with Gasteiger partial charge in [0.2, 0.25) is 11.8 Å². The van der Waals surface area contributed by atoms with Crippen molar-refractivity contribution in [3.05, 3.63) is 12.1 Å². The Balaban J connectivity index is 2.23. The van der Waals surface area contributed by atoms with Crippen molar-refractivity contribution in [1.29, 1.82) is 0 Å². The molecule has 1 aromatic heterocycles. The third-order valence-electron chi connectivity index (χ3n) is 1.80. The molecular weight excluding hydrogens is 202 g/mol. The highest BCUT2D eigenvalue weighted by atomic mass is 16.7. The molecule has 0 radical (unpaired) electrons. The summed E-state index contributed by atoms with van der Waals surface area (Å²) >= 11 is 0. The predicted molar refractivity (Wildman–Crippen MR) is 50.7 cm³/mol. The van der Waals surface area contributed by atoms with Crippen LogP contribution in [0.4, 0.5) is 0 Å². The quantitative estimate of drug-likeness (QED) is 0.604. The Bertz CT molecular complexity index is 314. The van der Waals surface area contributed by atoms with Crippen LogP contribution < -0.4 is 4.84 Å². The summed E-state index contributed by atoms with van der Waals surface area (Å²) in [4.78, 5) is 15.2. The molecule has 0 spiro atoms. The lowest BCUT2D eigenvalue weighted by Crippen LogP contribution is -2.12. The van der Waals surface area contributed by atoms with Gasteiger partial charge in [0.15, 0.2) is 0 Å². The Hall–Kier alpha value is -1.85. The lowest BCUT2D eigenvalue weighted by Gasteiger charge is -2.07. The first-order chi connectivity index (χ1) is 7.11. The summed E-state index contributed by atoms with van der Waals surface area (Å²) in [6.07, 6.45) is 1.13. The van der Waals surface area contributed by atoms with Gasteiger partial charge in [0, 0.05) is 18.6 Å². The zero-order valence-electron chi connectivity index (χ0n) is 8.09. The smallest absolute Gasteiger partial charge is 0.303 e. The third-order valence-corrected chi connectivity index (χ3v) is 1.80. The van der Waals surface area contributed by atoms with E-state index in [0.717, 1.165) is 4.73 Å². The molecule has 0 aromatic carbocycles. The molecule has 15 heavy (non-hydrogen) atoms. The maximum atomic E-state index is 10.2. The zero-order valence-corrected chi connectivity index (χ0v) is 8.09. The molecule has 84 valence electrons. The van der Waals surface area contributed by atoms with Gasteiger partial charge in [0.25, 0.3) is 0 Å². The molecule has 3 N–H and O–H groups in total. The first-order valence-corrected chi connectivity index (χ1v) is 4.56. The summed E-state index contributed by atoms with van der Waals surface area (Å²) in [5.74, 6) is -1.22. The zero-order chi connectivity index (χ0) is 11.3. The molecule has 0 atom stereocenters. The fraction of sp³-hybridized carbons (Fsp3) is 0.444. The van der Waals surface area contributed by atoms with Crippen LogP contribution in [-0.2, 0) is 4.79 Å². The van der Waals surface area contributed by atoms with Gasteiger partial charge in [-0.1, -0.05) is 0 Å². The number of aromatic hydroxyl groups is 2. The largest absolute Gasteiger partial charge is 0.492 e. The van der Waals surface area contributed by atoms with Crippen LogP contribution in [0.5, 0.6) is 11.8 Å². The fourth-order valence-corrected chi connectivity index (χ4v) is 1.07. The van der Waals surface area contributed by atoms with Crippen LogP contribution in [0.25, 0.3) is 0 Å². The first-order valence-electron chi connectivity index (χ1n) is 4.56. The predicted octanol–water partition coefficient (Wildman–Crippen LogP) is 0.583. The van der Waals surface area contributed by atoms with Crippen LogP contribution in [0.2, 0.25) is 0 Å². The number of carboxylic acids is 1. The minimum atomic E-state index is -0.846. The average molecular weight is 215 g/mol. The molecule has 0 bridgehead atoms. The van der Waals surface area contributed by atoms with Crippen molar-refractivity contribution < 1.29 is 25.0 Å². The molecule has 0 unspecified atom stereocenters. The monoisotopic (exact) mass is 215 g/mol. The Kier molecular flexibility index (Phi) is 3.84. The van der Waals surface area contributed by atoms with Crippen molar-refractivity contribution in [2.75, 3.05) is 6.61 Å². The normalized spacial score (nSPS) is 10.1. The molecule has 0 fully saturated rings. The highest BCUT2D eigenvalue weighted by molar-refractivity contribution is 5.66. The van der Waals surface area contributed by atoms with Crippen LogP contribution in [-0.4, -0.2) is 32.6 Å². The highest BCUT2D eigenvalue weighted by Crippen LogP contribution is 2.18. The number of carbonyl (C=O) groups is 1. The summed E-state index contributed by atoms with van der Waals surface area (Å²) in [6, 6.07) is 2.60. The second-order valence-corrected chi connectivity index (χ2v) is 3.03. The van der Waals surface area contributed by atoms with Crippen molar-refractivity contribution in [3.63, 3.8) is 0 Å². The van der Waals surface area contributed by atoms with E-state index in [1.165, 1.54) is 12.1 Å². The molecule has 0 amide bonds. The summed E-state index contributed by atoms with van der Waals surface area (Å²) < 4.78 is 0.890. The second kappa shape index (κ2) is 5.14. The summed E-state index contributed by atoms with van der Waals surface area (Å²) in [7, 11) is 0. The number of hydrogen-bond acceptors (Lipinski definition) is 4. The Morgan fingerprint density at radius 2 is 1.87 bits per heavy atom. The van der Waals surface area contributed by atoms with Crippen LogP contribution >= 0.6 is 0 Å². The minimum absolute atomic E-state index is 0.0903. The number of nitrogens with zero attached hydrogens (tertiary/aromatic N) is 1. The Morgan fingerprint density at radius 1 is 1.27 bits per heavy atom. The van der Waals surface area contributed by atoms with E-state index in [9.17, 15) is 4.79 Å². The molecule has 0 saturated heterocycles. The summed E-state index contributed by atoms with van der Waals surface area (Å²) in [5, 5.41) is 26.7. The lowest BCUT2D eigenvalue weighted by atomic mass is 10.2. The molecular formula is C9H13NO5. The number of aromatic nitrogens is 1. The first kappa shape index (κ1) is 11.2. The van der Waals surface area contributed by atoms with E-state index in [4.69, 9.17) is 20.2 Å². The van der Waals surface area contributed by atoms with E-state index in [-0.39, 0.29) is 24.8 Å². The van der Waals surface area contributed by atoms with Crippen molar-refractivity contribution >= 4 is 5.97 Å². The standard InChI is InChI=1S/C9H13NO5/c11-7-4-5-8(12)10(7)15-6-2-1-3-9(13)14/h4-5,11-12H,1-3,6H2,(H,13,14). The van der Waals surface area contributed by atoms with Gasteiger partial charge in [0.05, 0.1) is 0 Å². The van der Waals surface area contributed by atoms with E-state index in [1.54, 1.807) is 0 Å². The molecule has 1 heterocycles. The van der Waals surface area contributed by atoms with E-state index in [1.807, 2.05) is 0 Å². The highest BCUT2D eigenvalue weighted by Gasteiger charge is 2.05. The molecule has 0 aliphatic carbocycles. The maximum absolute atomic E-state index is 10.2. The molecule has 0 aliphatic rings. The molecule has 6 heteroatoms. The number of rotatable bonds is 6. The van der Waals surface area contributed by atoms with E-state index in [0.29, 0.717) is 12.8 Å². The summed E-state index contributed by atoms with van der Waals surface area (Å²) in [6.45, 7) is 0.239. The fourth-order valence-electron chi connectivity index (χ4n) is 1.07. The van der Waals surface area contributed by atoms with Crippen LogP contribution in [0.1, 0.15) is 19.3 Å². The number of aliphatic carboxylic acids is 1. The number of unbranched alkanes of at least 4 members (excludes halogenated alkanes) is 1. The van der Waals surface area contributed by atoms with E-state index >= 15 is 0 Å². The Labute approximate surface area is 86.3 Å². The molecule has 6 nitrogen and oxygen atoms in total. The van der Waals surface area contributed by atoms with E-state index in [2.05, 4.69) is 0 Å². The number of carboxylic acid groups (broad SMARTS) is 1. The van der Waals surface area contributed by atoms with Gasteiger partial charge in [-0.15, -0.1) is 4.73 Å². The van der Waals surface area contributed by atoms with E-state index < -0.39 is 5.97 Å². The topological polar surface area (TPSA) is 91.9 Å². The van der Waals surface area contributed by atoms with Crippen LogP contribution in [0.15, 0.2) is 12.1 Å². The molecule has 0 aliphatic heterocycles. The number of hydrogen-bond donors (Lipinski definition) is 3. The van der Waals surface area contributed by atoms with Crippen molar-refractivity contribution in [2.45, 2.75) is 19.3 Å². The average Bonchev–Trinajstić information content (AvgIpc) is 2.47. The van der Waals surface area contributed by atoms with Crippen molar-refractivity contribution in [2.24, 2.45) is 0 Å². The Morgan fingerprint density at radius 3 is 2.40 bits per heavy atom. The van der Waals surface area contributed by atoms with Gasteiger partial charge >= 0.3 is 5.97 Å². The summed E-state index contributed by atoms with van der Waals surface area (Å²) in [5.41, 5.74) is 0. The van der Waals surface area contributed by atoms with Gasteiger partial charge in [0.1, 0.15) is 6.61 Å². The van der Waals surface area contributed by atoms with Gasteiger partial charge < -0.3 is 20.2 Å². The van der Waals surface area contributed by atoms with Crippen LogP contribution in [0, 0.1) is 0 Å². The van der Waals surface area contributed by atoms with Gasteiger partial charge in [-0.3, -0.25) is 4.79 Å². The lowest BCUT2D eigenvalue weighted by molar-refractivity contribution is -0.137. The molecule has 1 aromatic rings.